The van der Waals surface area contributed by atoms with E-state index in [0.29, 0.717) is 16.1 Å². The highest BCUT2D eigenvalue weighted by Crippen LogP contribution is 2.27. The molecule has 0 unspecified atom stereocenters. The molecule has 0 spiro atoms. The number of nitro benzene ring substituents is 1. The highest BCUT2D eigenvalue weighted by Gasteiger charge is 2.14. The Hall–Kier alpha value is -4.56. The number of benzene rings is 4. The average Bonchev–Trinajstić information content (AvgIpc) is 2.85. The lowest BCUT2D eigenvalue weighted by molar-refractivity contribution is -0.384. The van der Waals surface area contributed by atoms with Gasteiger partial charge in [-0.05, 0) is 53.2 Å². The van der Waals surface area contributed by atoms with Crippen LogP contribution < -0.4 is 10.2 Å². The second-order valence-electron chi connectivity index (χ2n) is 7.10. The summed E-state index contributed by atoms with van der Waals surface area (Å²) in [6.07, 6.45) is 1.39. The molecule has 1 amide bonds. The van der Waals surface area contributed by atoms with Crippen molar-refractivity contribution >= 4 is 46.2 Å². The van der Waals surface area contributed by atoms with Crippen molar-refractivity contribution in [3.05, 3.63) is 117 Å². The van der Waals surface area contributed by atoms with Gasteiger partial charge in [0.2, 0.25) is 0 Å². The summed E-state index contributed by atoms with van der Waals surface area (Å²) in [5.41, 5.74) is 3.28. The molecule has 4 aromatic carbocycles. The Morgan fingerprint density at radius 2 is 1.59 bits per heavy atom. The van der Waals surface area contributed by atoms with Gasteiger partial charge >= 0.3 is 5.97 Å². The van der Waals surface area contributed by atoms with Crippen molar-refractivity contribution in [2.75, 3.05) is 0 Å². The van der Waals surface area contributed by atoms with E-state index in [-0.39, 0.29) is 17.0 Å². The number of rotatable bonds is 6. The van der Waals surface area contributed by atoms with E-state index in [9.17, 15) is 19.7 Å². The van der Waals surface area contributed by atoms with E-state index < -0.39 is 16.8 Å². The van der Waals surface area contributed by atoms with Crippen LogP contribution in [0.3, 0.4) is 0 Å². The summed E-state index contributed by atoms with van der Waals surface area (Å²) >= 11 is 5.88. The van der Waals surface area contributed by atoms with E-state index in [1.165, 1.54) is 30.5 Å². The van der Waals surface area contributed by atoms with Gasteiger partial charge in [-0.3, -0.25) is 14.9 Å². The van der Waals surface area contributed by atoms with Gasteiger partial charge in [0.15, 0.2) is 0 Å². The minimum absolute atomic E-state index is 0.122. The molecule has 4 rings (SSSR count). The van der Waals surface area contributed by atoms with Crippen LogP contribution in [0.5, 0.6) is 5.75 Å². The SMILES string of the molecule is O=C(N/N=C\c1c(OC(=O)c2ccc(Cl)cc2)ccc2ccccc12)c1ccc([N+](=O)[O-])cc1. The van der Waals surface area contributed by atoms with Crippen molar-refractivity contribution in [3.63, 3.8) is 0 Å². The number of carbonyl (C=O) groups is 2. The molecular weight excluding hydrogens is 458 g/mol. The summed E-state index contributed by atoms with van der Waals surface area (Å²) in [5, 5.41) is 16.9. The largest absolute Gasteiger partial charge is 0.422 e. The van der Waals surface area contributed by atoms with E-state index in [0.717, 1.165) is 10.8 Å². The fraction of sp³-hybridized carbons (Fsp3) is 0. The molecule has 1 N–H and O–H groups in total. The van der Waals surface area contributed by atoms with Crippen LogP contribution in [0.25, 0.3) is 10.8 Å². The number of hydrogen-bond donors (Lipinski definition) is 1. The third kappa shape index (κ3) is 5.08. The van der Waals surface area contributed by atoms with Gasteiger partial charge in [-0.1, -0.05) is 41.9 Å². The molecule has 0 atom stereocenters. The number of hydrogen-bond acceptors (Lipinski definition) is 6. The maximum atomic E-state index is 12.6. The first kappa shape index (κ1) is 22.6. The molecule has 168 valence electrons. The number of esters is 1. The van der Waals surface area contributed by atoms with Gasteiger partial charge < -0.3 is 4.74 Å². The van der Waals surface area contributed by atoms with Crippen LogP contribution >= 0.6 is 11.6 Å². The first-order chi connectivity index (χ1) is 16.4. The normalized spacial score (nSPS) is 10.9. The first-order valence-electron chi connectivity index (χ1n) is 10.00. The molecule has 9 heteroatoms. The molecule has 34 heavy (non-hydrogen) atoms. The number of nitrogens with one attached hydrogen (secondary N) is 1. The van der Waals surface area contributed by atoms with Crippen molar-refractivity contribution < 1.29 is 19.2 Å². The number of halogens is 1. The molecule has 0 bridgehead atoms. The van der Waals surface area contributed by atoms with Gasteiger partial charge in [0.25, 0.3) is 11.6 Å². The zero-order valence-corrected chi connectivity index (χ0v) is 18.2. The predicted octanol–water partition coefficient (Wildman–Crippen LogP) is 5.38. The summed E-state index contributed by atoms with van der Waals surface area (Å²) in [6, 6.07) is 22.3. The van der Waals surface area contributed by atoms with Crippen molar-refractivity contribution in [1.29, 1.82) is 0 Å². The Bertz CT molecular complexity index is 1420. The van der Waals surface area contributed by atoms with Gasteiger partial charge in [-0.15, -0.1) is 0 Å². The number of nitro groups is 1. The number of ether oxygens (including phenoxy) is 1. The van der Waals surface area contributed by atoms with Gasteiger partial charge in [0, 0.05) is 28.3 Å². The maximum absolute atomic E-state index is 12.6. The number of hydrazone groups is 1. The molecule has 0 heterocycles. The van der Waals surface area contributed by atoms with Crippen molar-refractivity contribution in [2.24, 2.45) is 5.10 Å². The molecule has 0 saturated heterocycles. The smallest absolute Gasteiger partial charge is 0.343 e. The van der Waals surface area contributed by atoms with Gasteiger partial charge in [-0.2, -0.15) is 5.10 Å². The second kappa shape index (κ2) is 9.93. The van der Waals surface area contributed by atoms with Crippen LogP contribution in [-0.4, -0.2) is 23.0 Å². The zero-order valence-electron chi connectivity index (χ0n) is 17.5. The number of fused-ring (bicyclic) bond motifs is 1. The van der Waals surface area contributed by atoms with Crippen LogP contribution in [-0.2, 0) is 0 Å². The lowest BCUT2D eigenvalue weighted by Crippen LogP contribution is -2.17. The van der Waals surface area contributed by atoms with E-state index in [1.54, 1.807) is 30.3 Å². The Kier molecular flexibility index (Phi) is 6.61. The molecule has 0 radical (unpaired) electrons. The van der Waals surface area contributed by atoms with E-state index in [4.69, 9.17) is 16.3 Å². The summed E-state index contributed by atoms with van der Waals surface area (Å²) in [5.74, 6) is -0.866. The van der Waals surface area contributed by atoms with E-state index in [2.05, 4.69) is 10.5 Å². The predicted molar refractivity (Wildman–Crippen MR) is 129 cm³/mol. The third-order valence-electron chi connectivity index (χ3n) is 4.91. The zero-order chi connectivity index (χ0) is 24.1. The third-order valence-corrected chi connectivity index (χ3v) is 5.17. The molecule has 0 aliphatic carbocycles. The fourth-order valence-corrected chi connectivity index (χ4v) is 3.32. The lowest BCUT2D eigenvalue weighted by atomic mass is 10.0. The van der Waals surface area contributed by atoms with Crippen LogP contribution in [0.15, 0.2) is 90.0 Å². The van der Waals surface area contributed by atoms with Crippen molar-refractivity contribution in [3.8, 4) is 5.75 Å². The highest BCUT2D eigenvalue weighted by molar-refractivity contribution is 6.30. The quantitative estimate of drug-likeness (QED) is 0.133. The number of non-ortho nitro benzene ring substituents is 1. The Balaban J connectivity index is 1.59. The van der Waals surface area contributed by atoms with Crippen LogP contribution in [0, 0.1) is 10.1 Å². The van der Waals surface area contributed by atoms with Crippen LogP contribution in [0.2, 0.25) is 5.02 Å². The summed E-state index contributed by atoms with van der Waals surface area (Å²) in [4.78, 5) is 35.2. The van der Waals surface area contributed by atoms with Crippen molar-refractivity contribution in [2.45, 2.75) is 0 Å². The maximum Gasteiger partial charge on any atom is 0.343 e. The number of carbonyl (C=O) groups excluding carboxylic acids is 2. The van der Waals surface area contributed by atoms with Gasteiger partial charge in [0.1, 0.15) is 5.75 Å². The van der Waals surface area contributed by atoms with Crippen LogP contribution in [0.4, 0.5) is 5.69 Å². The summed E-state index contributed by atoms with van der Waals surface area (Å²) in [6.45, 7) is 0. The Labute approximate surface area is 198 Å². The standard InChI is InChI=1S/C25H16ClN3O5/c26-19-10-5-18(6-11-19)25(31)34-23-14-9-16-3-1-2-4-21(16)22(23)15-27-28-24(30)17-7-12-20(13-8-17)29(32)33/h1-15H,(H,28,30)/b27-15-. The molecule has 0 aliphatic rings. The highest BCUT2D eigenvalue weighted by atomic mass is 35.5. The topological polar surface area (TPSA) is 111 Å². The molecule has 8 nitrogen and oxygen atoms in total. The summed E-state index contributed by atoms with van der Waals surface area (Å²) < 4.78 is 5.61. The fourth-order valence-electron chi connectivity index (χ4n) is 3.20. The minimum Gasteiger partial charge on any atom is -0.422 e. The molecule has 4 aromatic rings. The number of nitrogens with zero attached hydrogens (tertiary/aromatic N) is 2. The molecule has 0 fully saturated rings. The lowest BCUT2D eigenvalue weighted by Gasteiger charge is -2.10. The molecular formula is C25H16ClN3O5. The first-order valence-corrected chi connectivity index (χ1v) is 10.4. The minimum atomic E-state index is -0.573. The Morgan fingerprint density at radius 1 is 0.912 bits per heavy atom. The Morgan fingerprint density at radius 3 is 2.29 bits per heavy atom. The van der Waals surface area contributed by atoms with Crippen LogP contribution in [0.1, 0.15) is 26.3 Å². The van der Waals surface area contributed by atoms with Gasteiger partial charge in [0.05, 0.1) is 16.7 Å². The number of amides is 1. The van der Waals surface area contributed by atoms with Crippen molar-refractivity contribution in [1.82, 2.24) is 5.43 Å². The van der Waals surface area contributed by atoms with Gasteiger partial charge in [-0.25, -0.2) is 10.2 Å². The molecule has 0 aliphatic heterocycles. The van der Waals surface area contributed by atoms with E-state index in [1.807, 2.05) is 30.3 Å². The second-order valence-corrected chi connectivity index (χ2v) is 7.53. The summed E-state index contributed by atoms with van der Waals surface area (Å²) in [7, 11) is 0. The average molecular weight is 474 g/mol. The molecule has 0 saturated carbocycles. The monoisotopic (exact) mass is 473 g/mol. The molecule has 0 aromatic heterocycles. The van der Waals surface area contributed by atoms with E-state index >= 15 is 0 Å².